The molecule has 0 bridgehead atoms. The van der Waals surface area contributed by atoms with E-state index in [1.165, 1.54) is 0 Å². The van der Waals surface area contributed by atoms with Crippen molar-refractivity contribution >= 4 is 17.6 Å². The number of nitrogens with one attached hydrogen (secondary N) is 2. The Morgan fingerprint density at radius 3 is 2.23 bits per heavy atom. The fraction of sp³-hybridized carbons (Fsp3) is 0.348. The van der Waals surface area contributed by atoms with Crippen molar-refractivity contribution in [3.8, 4) is 5.75 Å². The van der Waals surface area contributed by atoms with Gasteiger partial charge in [-0.05, 0) is 42.7 Å². The average Bonchev–Trinajstić information content (AvgIpc) is 2.79. The molecule has 0 spiro atoms. The SMILES string of the molecule is COc1ccc(C[C@H](NC(=O)c2ccc(C(=N)N)cc2)C(=O)N2CCC([O])CC2)cc1. The third-order valence-corrected chi connectivity index (χ3v) is 5.41. The number of nitrogens with zero attached hydrogens (tertiary/aromatic N) is 1. The zero-order chi connectivity index (χ0) is 22.4. The molecule has 0 aromatic heterocycles. The van der Waals surface area contributed by atoms with E-state index in [9.17, 15) is 14.7 Å². The molecule has 1 aliphatic rings. The van der Waals surface area contributed by atoms with E-state index in [0.29, 0.717) is 49.2 Å². The molecule has 2 aromatic carbocycles. The molecule has 0 unspecified atom stereocenters. The van der Waals surface area contributed by atoms with Crippen molar-refractivity contribution in [2.24, 2.45) is 5.73 Å². The number of methoxy groups -OCH3 is 1. The molecule has 0 aliphatic carbocycles. The Labute approximate surface area is 181 Å². The monoisotopic (exact) mass is 423 g/mol. The van der Waals surface area contributed by atoms with E-state index >= 15 is 0 Å². The average molecular weight is 423 g/mol. The number of amidine groups is 1. The highest BCUT2D eigenvalue weighted by molar-refractivity contribution is 5.99. The Morgan fingerprint density at radius 1 is 1.10 bits per heavy atom. The molecule has 8 nitrogen and oxygen atoms in total. The largest absolute Gasteiger partial charge is 0.497 e. The number of piperidine rings is 1. The van der Waals surface area contributed by atoms with Crippen molar-refractivity contribution in [2.45, 2.75) is 31.4 Å². The second-order valence-corrected chi connectivity index (χ2v) is 7.59. The summed E-state index contributed by atoms with van der Waals surface area (Å²) in [5.41, 5.74) is 7.23. The molecular weight excluding hydrogens is 396 g/mol. The number of nitrogens with two attached hydrogens (primary N) is 1. The van der Waals surface area contributed by atoms with E-state index in [4.69, 9.17) is 15.9 Å². The van der Waals surface area contributed by atoms with Crippen molar-refractivity contribution in [2.75, 3.05) is 20.2 Å². The minimum atomic E-state index is -0.767. The first-order valence-corrected chi connectivity index (χ1v) is 10.2. The Hall–Kier alpha value is -3.39. The van der Waals surface area contributed by atoms with Gasteiger partial charge in [0, 0.05) is 30.6 Å². The maximum absolute atomic E-state index is 13.2. The van der Waals surface area contributed by atoms with Crippen LogP contribution in [0, 0.1) is 5.41 Å². The number of benzene rings is 2. The molecule has 3 rings (SSSR count). The van der Waals surface area contributed by atoms with Gasteiger partial charge in [-0.25, -0.2) is 5.11 Å². The summed E-state index contributed by atoms with van der Waals surface area (Å²) in [7, 11) is 1.58. The Balaban J connectivity index is 1.77. The van der Waals surface area contributed by atoms with E-state index in [2.05, 4.69) is 5.32 Å². The maximum atomic E-state index is 13.2. The number of rotatable bonds is 7. The van der Waals surface area contributed by atoms with Crippen LogP contribution in [0.1, 0.15) is 34.3 Å². The van der Waals surface area contributed by atoms with Crippen LogP contribution in [0.3, 0.4) is 0 Å². The highest BCUT2D eigenvalue weighted by Crippen LogP contribution is 2.16. The first-order chi connectivity index (χ1) is 14.9. The number of hydrogen-bond donors (Lipinski definition) is 3. The molecule has 1 saturated heterocycles. The van der Waals surface area contributed by atoms with Crippen LogP contribution in [0.25, 0.3) is 0 Å². The second-order valence-electron chi connectivity index (χ2n) is 7.59. The van der Waals surface area contributed by atoms with Crippen molar-refractivity contribution in [1.82, 2.24) is 10.2 Å². The molecule has 2 amide bonds. The molecular formula is C23H27N4O4. The van der Waals surface area contributed by atoms with Crippen molar-refractivity contribution in [1.29, 1.82) is 5.41 Å². The molecule has 8 heteroatoms. The lowest BCUT2D eigenvalue weighted by Gasteiger charge is -2.32. The lowest BCUT2D eigenvalue weighted by atomic mass is 10.0. The normalized spacial score (nSPS) is 15.2. The van der Waals surface area contributed by atoms with Crippen molar-refractivity contribution < 1.29 is 19.4 Å². The second kappa shape index (κ2) is 10.1. The predicted octanol–water partition coefficient (Wildman–Crippen LogP) is 1.74. The molecule has 1 heterocycles. The van der Waals surface area contributed by atoms with Gasteiger partial charge in [0.25, 0.3) is 5.91 Å². The summed E-state index contributed by atoms with van der Waals surface area (Å²) in [6, 6.07) is 12.9. The number of carbonyl (C=O) groups is 2. The smallest absolute Gasteiger partial charge is 0.251 e. The van der Waals surface area contributed by atoms with E-state index < -0.39 is 12.1 Å². The van der Waals surface area contributed by atoms with E-state index in [1.54, 1.807) is 36.3 Å². The lowest BCUT2D eigenvalue weighted by molar-refractivity contribution is -0.135. The predicted molar refractivity (Wildman–Crippen MR) is 116 cm³/mol. The zero-order valence-electron chi connectivity index (χ0n) is 17.5. The Kier molecular flexibility index (Phi) is 7.25. The number of nitrogen functional groups attached to an aromatic ring is 1. The van der Waals surface area contributed by atoms with E-state index in [-0.39, 0.29) is 17.6 Å². The number of carbonyl (C=O) groups excluding carboxylic acids is 2. The van der Waals surface area contributed by atoms with Gasteiger partial charge in [-0.3, -0.25) is 15.0 Å². The van der Waals surface area contributed by atoms with Gasteiger partial charge in [0.05, 0.1) is 13.2 Å². The maximum Gasteiger partial charge on any atom is 0.251 e. The van der Waals surface area contributed by atoms with Gasteiger partial charge in [0.2, 0.25) is 5.91 Å². The standard InChI is InChI=1S/C23H27N4O4/c1-31-19-8-2-15(3-9-19)14-20(23(30)27-12-10-18(28)11-13-27)26-22(29)17-6-4-16(5-7-17)21(24)25/h2-9,18,20H,10-14H2,1H3,(H3,24,25)(H,26,29)/t20-/m0/s1. The molecule has 1 fully saturated rings. The van der Waals surface area contributed by atoms with Gasteiger partial charge >= 0.3 is 0 Å². The summed E-state index contributed by atoms with van der Waals surface area (Å²) < 4.78 is 5.18. The topological polar surface area (TPSA) is 128 Å². The summed E-state index contributed by atoms with van der Waals surface area (Å²) in [4.78, 5) is 27.7. The lowest BCUT2D eigenvalue weighted by Crippen LogP contribution is -2.52. The number of likely N-dealkylation sites (tertiary alicyclic amines) is 1. The van der Waals surface area contributed by atoms with Crippen LogP contribution in [-0.2, 0) is 16.3 Å². The van der Waals surface area contributed by atoms with Gasteiger partial charge in [-0.1, -0.05) is 24.3 Å². The van der Waals surface area contributed by atoms with Crippen LogP contribution in [0.4, 0.5) is 0 Å². The summed E-state index contributed by atoms with van der Waals surface area (Å²) in [6.45, 7) is 0.796. The molecule has 31 heavy (non-hydrogen) atoms. The highest BCUT2D eigenvalue weighted by atomic mass is 16.5. The zero-order valence-corrected chi connectivity index (χ0v) is 17.5. The fourth-order valence-electron chi connectivity index (χ4n) is 3.54. The third-order valence-electron chi connectivity index (χ3n) is 5.41. The number of amides is 2. The first kappa shape index (κ1) is 22.3. The van der Waals surface area contributed by atoms with Crippen LogP contribution in [0.15, 0.2) is 48.5 Å². The molecule has 4 N–H and O–H groups in total. The number of hydrogen-bond acceptors (Lipinski definition) is 4. The summed E-state index contributed by atoms with van der Waals surface area (Å²) in [6.07, 6.45) is 0.513. The van der Waals surface area contributed by atoms with Gasteiger partial charge in [0.1, 0.15) is 17.6 Å². The minimum absolute atomic E-state index is 0.0821. The van der Waals surface area contributed by atoms with Crippen molar-refractivity contribution in [3.05, 3.63) is 65.2 Å². The van der Waals surface area contributed by atoms with Gasteiger partial charge in [0.15, 0.2) is 0 Å². The van der Waals surface area contributed by atoms with E-state index in [1.807, 2.05) is 24.3 Å². The fourth-order valence-corrected chi connectivity index (χ4v) is 3.54. The molecule has 1 atom stereocenters. The van der Waals surface area contributed by atoms with Crippen LogP contribution < -0.4 is 15.8 Å². The molecule has 163 valence electrons. The number of ether oxygens (including phenoxy) is 1. The molecule has 2 aromatic rings. The van der Waals surface area contributed by atoms with Gasteiger partial charge in [-0.2, -0.15) is 0 Å². The van der Waals surface area contributed by atoms with E-state index in [0.717, 1.165) is 5.56 Å². The molecule has 1 radical (unpaired) electrons. The van der Waals surface area contributed by atoms with Gasteiger partial charge in [-0.15, -0.1) is 0 Å². The Morgan fingerprint density at radius 2 is 1.68 bits per heavy atom. The third kappa shape index (κ3) is 5.82. The summed E-state index contributed by atoms with van der Waals surface area (Å²) in [5, 5.41) is 21.9. The minimum Gasteiger partial charge on any atom is -0.497 e. The first-order valence-electron chi connectivity index (χ1n) is 10.2. The molecule has 1 aliphatic heterocycles. The quantitative estimate of drug-likeness (QED) is 0.463. The summed E-state index contributed by atoms with van der Waals surface area (Å²) >= 11 is 0. The summed E-state index contributed by atoms with van der Waals surface area (Å²) in [5.74, 6) is 0.0390. The van der Waals surface area contributed by atoms with Crippen LogP contribution in [0.5, 0.6) is 5.75 Å². The van der Waals surface area contributed by atoms with Crippen LogP contribution >= 0.6 is 0 Å². The Bertz CT molecular complexity index is 920. The highest BCUT2D eigenvalue weighted by Gasteiger charge is 2.29. The van der Waals surface area contributed by atoms with Crippen LogP contribution in [0.2, 0.25) is 0 Å². The van der Waals surface area contributed by atoms with Crippen LogP contribution in [-0.4, -0.2) is 54.9 Å². The van der Waals surface area contributed by atoms with Crippen molar-refractivity contribution in [3.63, 3.8) is 0 Å². The van der Waals surface area contributed by atoms with Gasteiger partial charge < -0.3 is 20.7 Å². The molecule has 0 saturated carbocycles.